The maximum absolute atomic E-state index is 13.4. The van der Waals surface area contributed by atoms with Gasteiger partial charge in [0.1, 0.15) is 11.9 Å². The number of hydrogen-bond donors (Lipinski definition) is 2. The zero-order chi connectivity index (χ0) is 12.6. The Bertz CT molecular complexity index is 560. The first-order valence-electron chi connectivity index (χ1n) is 4.69. The minimum Gasteiger partial charge on any atom is -0.480 e. The number of carbonyl (C=O) groups is 1. The van der Waals surface area contributed by atoms with E-state index in [9.17, 15) is 17.6 Å². The standard InChI is InChI=1S/C9H9FN2O4S/c10-6-3-1-2-4-8(6)12-5-7(9(13)14)11-17(12,15)16/h1-4,7,11H,5H2,(H,13,14). The van der Waals surface area contributed by atoms with E-state index in [1.807, 2.05) is 4.72 Å². The van der Waals surface area contributed by atoms with Gasteiger partial charge < -0.3 is 5.11 Å². The average molecular weight is 260 g/mol. The Labute approximate surface area is 96.8 Å². The van der Waals surface area contributed by atoms with Crippen LogP contribution in [-0.2, 0) is 15.0 Å². The van der Waals surface area contributed by atoms with E-state index in [0.29, 0.717) is 4.31 Å². The van der Waals surface area contributed by atoms with Crippen LogP contribution < -0.4 is 9.03 Å². The molecule has 92 valence electrons. The summed E-state index contributed by atoms with van der Waals surface area (Å²) >= 11 is 0. The third-order valence-electron chi connectivity index (χ3n) is 2.35. The highest BCUT2D eigenvalue weighted by Crippen LogP contribution is 2.24. The average Bonchev–Trinajstić information content (AvgIpc) is 2.55. The second kappa shape index (κ2) is 3.97. The zero-order valence-electron chi connectivity index (χ0n) is 8.50. The number of hydrogen-bond acceptors (Lipinski definition) is 3. The molecular weight excluding hydrogens is 251 g/mol. The molecule has 2 rings (SSSR count). The Morgan fingerprint density at radius 1 is 1.47 bits per heavy atom. The summed E-state index contributed by atoms with van der Waals surface area (Å²) in [5.74, 6) is -2.02. The zero-order valence-corrected chi connectivity index (χ0v) is 9.32. The van der Waals surface area contributed by atoms with Crippen LogP contribution in [-0.4, -0.2) is 32.1 Å². The molecule has 1 aromatic rings. The van der Waals surface area contributed by atoms with Crippen molar-refractivity contribution in [2.24, 2.45) is 0 Å². The topological polar surface area (TPSA) is 86.7 Å². The van der Waals surface area contributed by atoms with Crippen LogP contribution in [0.4, 0.5) is 10.1 Å². The lowest BCUT2D eigenvalue weighted by molar-refractivity contribution is -0.138. The molecule has 1 aliphatic rings. The van der Waals surface area contributed by atoms with Crippen molar-refractivity contribution in [2.45, 2.75) is 6.04 Å². The van der Waals surface area contributed by atoms with Crippen LogP contribution >= 0.6 is 0 Å². The van der Waals surface area contributed by atoms with Crippen LogP contribution in [0.25, 0.3) is 0 Å². The van der Waals surface area contributed by atoms with Gasteiger partial charge in [0.15, 0.2) is 0 Å². The van der Waals surface area contributed by atoms with E-state index >= 15 is 0 Å². The molecule has 6 nitrogen and oxygen atoms in total. The van der Waals surface area contributed by atoms with Crippen molar-refractivity contribution in [2.75, 3.05) is 10.8 Å². The van der Waals surface area contributed by atoms with E-state index in [2.05, 4.69) is 0 Å². The maximum Gasteiger partial charge on any atom is 0.323 e. The van der Waals surface area contributed by atoms with E-state index in [1.54, 1.807) is 0 Å². The van der Waals surface area contributed by atoms with Crippen LogP contribution in [0.2, 0.25) is 0 Å². The summed E-state index contributed by atoms with van der Waals surface area (Å²) in [5, 5.41) is 8.73. The summed E-state index contributed by atoms with van der Waals surface area (Å²) in [6.45, 7) is -0.335. The van der Waals surface area contributed by atoms with Gasteiger partial charge in [0.25, 0.3) is 0 Å². The first-order chi connectivity index (χ1) is 7.92. The van der Waals surface area contributed by atoms with Gasteiger partial charge in [-0.2, -0.15) is 13.1 Å². The highest BCUT2D eigenvalue weighted by Gasteiger charge is 2.40. The molecule has 1 aliphatic heterocycles. The number of benzene rings is 1. The fraction of sp³-hybridized carbons (Fsp3) is 0.222. The molecule has 1 heterocycles. The SMILES string of the molecule is O=C(O)C1CN(c2ccccc2F)S(=O)(=O)N1. The van der Waals surface area contributed by atoms with Crippen molar-refractivity contribution >= 4 is 21.9 Å². The Balaban J connectivity index is 2.41. The van der Waals surface area contributed by atoms with Gasteiger partial charge in [0.2, 0.25) is 0 Å². The van der Waals surface area contributed by atoms with Crippen molar-refractivity contribution in [3.05, 3.63) is 30.1 Å². The number of nitrogens with one attached hydrogen (secondary N) is 1. The Morgan fingerprint density at radius 3 is 2.65 bits per heavy atom. The summed E-state index contributed by atoms with van der Waals surface area (Å²) in [4.78, 5) is 10.7. The number of aliphatic carboxylic acids is 1. The van der Waals surface area contributed by atoms with Gasteiger partial charge in [-0.25, -0.2) is 4.39 Å². The fourth-order valence-electron chi connectivity index (χ4n) is 1.55. The van der Waals surface area contributed by atoms with Crippen molar-refractivity contribution in [3.63, 3.8) is 0 Å². The predicted molar refractivity (Wildman–Crippen MR) is 57.2 cm³/mol. The Morgan fingerprint density at radius 2 is 2.12 bits per heavy atom. The number of anilines is 1. The summed E-state index contributed by atoms with van der Waals surface area (Å²) in [6.07, 6.45) is 0. The van der Waals surface area contributed by atoms with E-state index in [0.717, 1.165) is 6.07 Å². The van der Waals surface area contributed by atoms with Crippen LogP contribution in [0.3, 0.4) is 0 Å². The normalized spacial score (nSPS) is 22.6. The molecule has 17 heavy (non-hydrogen) atoms. The summed E-state index contributed by atoms with van der Waals surface area (Å²) in [7, 11) is -3.99. The number of carboxylic acids is 1. The van der Waals surface area contributed by atoms with E-state index in [4.69, 9.17) is 5.11 Å². The molecule has 0 aromatic heterocycles. The van der Waals surface area contributed by atoms with Gasteiger partial charge in [-0.05, 0) is 12.1 Å². The van der Waals surface area contributed by atoms with Gasteiger partial charge in [-0.15, -0.1) is 0 Å². The lowest BCUT2D eigenvalue weighted by Gasteiger charge is -2.15. The summed E-state index contributed by atoms with van der Waals surface area (Å²) in [5.41, 5.74) is -0.163. The second-order valence-corrected chi connectivity index (χ2v) is 5.12. The van der Waals surface area contributed by atoms with Crippen LogP contribution in [0, 0.1) is 5.82 Å². The summed E-state index contributed by atoms with van der Waals surface area (Å²) < 4.78 is 39.3. The van der Waals surface area contributed by atoms with Gasteiger partial charge >= 0.3 is 16.2 Å². The smallest absolute Gasteiger partial charge is 0.323 e. The first kappa shape index (κ1) is 11.8. The van der Waals surface area contributed by atoms with Gasteiger partial charge in [-0.3, -0.25) is 9.10 Å². The van der Waals surface area contributed by atoms with Crippen LogP contribution in [0.15, 0.2) is 24.3 Å². The molecule has 0 aliphatic carbocycles. The van der Waals surface area contributed by atoms with Crippen LogP contribution in [0.1, 0.15) is 0 Å². The Hall–Kier alpha value is -1.67. The van der Waals surface area contributed by atoms with Crippen molar-refractivity contribution in [1.82, 2.24) is 4.72 Å². The molecule has 0 amide bonds. The van der Waals surface area contributed by atoms with Crippen molar-refractivity contribution < 1.29 is 22.7 Å². The molecule has 1 aromatic carbocycles. The molecule has 0 saturated carbocycles. The molecule has 2 N–H and O–H groups in total. The predicted octanol–water partition coefficient (Wildman–Crippen LogP) is -0.0667. The van der Waals surface area contributed by atoms with Gasteiger partial charge in [-0.1, -0.05) is 12.1 Å². The number of rotatable bonds is 2. The van der Waals surface area contributed by atoms with Crippen molar-refractivity contribution in [3.8, 4) is 0 Å². The third-order valence-corrected chi connectivity index (χ3v) is 3.86. The lowest BCUT2D eigenvalue weighted by atomic mass is 10.2. The van der Waals surface area contributed by atoms with Crippen LogP contribution in [0.5, 0.6) is 0 Å². The molecule has 0 bridgehead atoms. The first-order valence-corrected chi connectivity index (χ1v) is 6.13. The van der Waals surface area contributed by atoms with E-state index in [1.165, 1.54) is 18.2 Å². The Kier molecular flexibility index (Phi) is 2.76. The van der Waals surface area contributed by atoms with Gasteiger partial charge in [0, 0.05) is 0 Å². The minimum absolute atomic E-state index is 0.163. The largest absolute Gasteiger partial charge is 0.480 e. The molecule has 1 unspecified atom stereocenters. The van der Waals surface area contributed by atoms with Crippen molar-refractivity contribution in [1.29, 1.82) is 0 Å². The molecular formula is C9H9FN2O4S. The van der Waals surface area contributed by atoms with E-state index < -0.39 is 28.0 Å². The number of carboxylic acid groups (broad SMARTS) is 1. The summed E-state index contributed by atoms with van der Waals surface area (Å²) in [6, 6.07) is 4.02. The fourth-order valence-corrected chi connectivity index (χ4v) is 2.97. The van der Waals surface area contributed by atoms with E-state index in [-0.39, 0.29) is 12.2 Å². The number of halogens is 1. The molecule has 0 radical (unpaired) electrons. The highest BCUT2D eigenvalue weighted by molar-refractivity contribution is 7.91. The lowest BCUT2D eigenvalue weighted by Crippen LogP contribution is -2.34. The second-order valence-electron chi connectivity index (χ2n) is 3.50. The quantitative estimate of drug-likeness (QED) is 0.779. The number of para-hydroxylation sites is 1. The number of nitrogens with zero attached hydrogens (tertiary/aromatic N) is 1. The molecule has 1 atom stereocenters. The highest BCUT2D eigenvalue weighted by atomic mass is 32.2. The van der Waals surface area contributed by atoms with Gasteiger partial charge in [0.05, 0.1) is 12.2 Å². The monoisotopic (exact) mass is 260 g/mol. The molecule has 8 heteroatoms. The molecule has 1 fully saturated rings. The maximum atomic E-state index is 13.4. The minimum atomic E-state index is -3.99. The molecule has 0 spiro atoms. The molecule has 1 saturated heterocycles. The third kappa shape index (κ3) is 2.08.